The quantitative estimate of drug-likeness (QED) is 0.638. The van der Waals surface area contributed by atoms with E-state index in [-0.39, 0.29) is 4.90 Å². The fourth-order valence-corrected chi connectivity index (χ4v) is 5.65. The van der Waals surface area contributed by atoms with Crippen molar-refractivity contribution in [1.29, 1.82) is 0 Å². The van der Waals surface area contributed by atoms with Gasteiger partial charge in [0.05, 0.1) is 12.6 Å². The summed E-state index contributed by atoms with van der Waals surface area (Å²) < 4.78 is 33.3. The monoisotopic (exact) mass is 425 g/mol. The van der Waals surface area contributed by atoms with E-state index in [1.165, 1.54) is 12.7 Å². The molecule has 158 valence electrons. The number of hydrogen-bond donors (Lipinski definition) is 0. The molecule has 6 nitrogen and oxygen atoms in total. The molecule has 1 saturated heterocycles. The van der Waals surface area contributed by atoms with Crippen LogP contribution >= 0.6 is 0 Å². The number of aromatic nitrogens is 1. The Morgan fingerprint density at radius 2 is 1.67 bits per heavy atom. The molecule has 0 bridgehead atoms. The minimum atomic E-state index is -3.62. The summed E-state index contributed by atoms with van der Waals surface area (Å²) in [5, 5.41) is 1.16. The average molecular weight is 426 g/mol. The van der Waals surface area contributed by atoms with Crippen LogP contribution in [0.4, 0.5) is 5.82 Å². The van der Waals surface area contributed by atoms with Gasteiger partial charge in [-0.25, -0.2) is 13.4 Å². The molecule has 2 heterocycles. The number of anilines is 1. The number of benzene rings is 2. The molecule has 3 aromatic rings. The molecule has 0 saturated carbocycles. The van der Waals surface area contributed by atoms with E-state index < -0.39 is 10.0 Å². The summed E-state index contributed by atoms with van der Waals surface area (Å²) in [6, 6.07) is 13.5. The van der Waals surface area contributed by atoms with E-state index in [1.54, 1.807) is 16.4 Å². The van der Waals surface area contributed by atoms with Crippen LogP contribution in [0.2, 0.25) is 0 Å². The molecule has 1 aliphatic rings. The maximum absolute atomic E-state index is 13.2. The number of ether oxygens (including phenoxy) is 1. The molecule has 4 rings (SSSR count). The van der Waals surface area contributed by atoms with Gasteiger partial charge in [0.25, 0.3) is 0 Å². The van der Waals surface area contributed by atoms with Crippen LogP contribution in [0.1, 0.15) is 16.7 Å². The second-order valence-corrected chi connectivity index (χ2v) is 9.72. The van der Waals surface area contributed by atoms with Gasteiger partial charge < -0.3 is 9.64 Å². The van der Waals surface area contributed by atoms with Crippen molar-refractivity contribution < 1.29 is 13.2 Å². The third-order valence-corrected chi connectivity index (χ3v) is 7.65. The number of nitrogens with zero attached hydrogens (tertiary/aromatic N) is 3. The molecule has 1 aromatic heterocycles. The lowest BCUT2D eigenvalue weighted by molar-refractivity contribution is 0.373. The van der Waals surface area contributed by atoms with Crippen LogP contribution in [0, 0.1) is 20.8 Å². The van der Waals surface area contributed by atoms with Crippen molar-refractivity contribution in [2.45, 2.75) is 25.7 Å². The van der Waals surface area contributed by atoms with Gasteiger partial charge in [-0.1, -0.05) is 24.3 Å². The number of para-hydroxylation sites is 1. The summed E-state index contributed by atoms with van der Waals surface area (Å²) in [5.74, 6) is 1.28. The van der Waals surface area contributed by atoms with Gasteiger partial charge in [0, 0.05) is 31.6 Å². The normalized spacial score (nSPS) is 15.5. The lowest BCUT2D eigenvalue weighted by Gasteiger charge is -2.35. The zero-order chi connectivity index (χ0) is 21.5. The first-order valence-corrected chi connectivity index (χ1v) is 11.5. The number of fused-ring (bicyclic) bond motifs is 1. The number of hydrogen-bond acceptors (Lipinski definition) is 5. The first kappa shape index (κ1) is 20.6. The summed E-state index contributed by atoms with van der Waals surface area (Å²) in [5.41, 5.74) is 4.22. The van der Waals surface area contributed by atoms with E-state index in [0.717, 1.165) is 27.8 Å². The Hall–Kier alpha value is -2.64. The molecule has 1 fully saturated rings. The lowest BCUT2D eigenvalue weighted by Crippen LogP contribution is -2.49. The van der Waals surface area contributed by atoms with E-state index in [4.69, 9.17) is 9.72 Å². The van der Waals surface area contributed by atoms with Crippen LogP contribution in [-0.2, 0) is 10.0 Å². The van der Waals surface area contributed by atoms with Crippen molar-refractivity contribution in [2.24, 2.45) is 0 Å². The minimum Gasteiger partial charge on any atom is -0.495 e. The SMILES string of the molecule is COc1ccc(C)cc1S(=O)(=O)N1CCN(c2cc(C)c3cccc(C)c3n2)CC1. The Bertz CT molecular complexity index is 1200. The summed E-state index contributed by atoms with van der Waals surface area (Å²) in [6.07, 6.45) is 0. The first-order chi connectivity index (χ1) is 14.3. The molecule has 30 heavy (non-hydrogen) atoms. The largest absolute Gasteiger partial charge is 0.495 e. The summed E-state index contributed by atoms with van der Waals surface area (Å²) in [6.45, 7) is 8.05. The van der Waals surface area contributed by atoms with Gasteiger partial charge >= 0.3 is 0 Å². The van der Waals surface area contributed by atoms with Crippen molar-refractivity contribution >= 4 is 26.7 Å². The maximum Gasteiger partial charge on any atom is 0.246 e. The van der Waals surface area contributed by atoms with Crippen molar-refractivity contribution in [1.82, 2.24) is 9.29 Å². The van der Waals surface area contributed by atoms with Crippen molar-refractivity contribution in [3.8, 4) is 5.75 Å². The van der Waals surface area contributed by atoms with Gasteiger partial charge in [-0.15, -0.1) is 0 Å². The van der Waals surface area contributed by atoms with Crippen molar-refractivity contribution in [2.75, 3.05) is 38.2 Å². The lowest BCUT2D eigenvalue weighted by atomic mass is 10.1. The predicted molar refractivity (Wildman–Crippen MR) is 120 cm³/mol. The second kappa shape index (κ2) is 7.89. The van der Waals surface area contributed by atoms with Crippen molar-refractivity contribution in [3.63, 3.8) is 0 Å². The van der Waals surface area contributed by atoms with Gasteiger partial charge in [-0.2, -0.15) is 4.31 Å². The number of aryl methyl sites for hydroxylation is 3. The fraction of sp³-hybridized carbons (Fsp3) is 0.348. The molecule has 0 unspecified atom stereocenters. The van der Waals surface area contributed by atoms with Crippen LogP contribution < -0.4 is 9.64 Å². The Balaban J connectivity index is 1.58. The molecule has 1 aliphatic heterocycles. The van der Waals surface area contributed by atoms with E-state index >= 15 is 0 Å². The van der Waals surface area contributed by atoms with Gasteiger partial charge in [0.1, 0.15) is 16.5 Å². The molecule has 0 atom stereocenters. The van der Waals surface area contributed by atoms with E-state index in [9.17, 15) is 8.42 Å². The zero-order valence-corrected chi connectivity index (χ0v) is 18.7. The Kier molecular flexibility index (Phi) is 5.42. The molecule has 0 aliphatic carbocycles. The zero-order valence-electron chi connectivity index (χ0n) is 17.8. The van der Waals surface area contributed by atoms with Crippen LogP contribution in [0.15, 0.2) is 47.4 Å². The maximum atomic E-state index is 13.2. The van der Waals surface area contributed by atoms with Crippen LogP contribution in [0.5, 0.6) is 5.75 Å². The molecule has 0 N–H and O–H groups in total. The highest BCUT2D eigenvalue weighted by Gasteiger charge is 2.31. The van der Waals surface area contributed by atoms with Crippen molar-refractivity contribution in [3.05, 3.63) is 59.2 Å². The number of pyridine rings is 1. The third kappa shape index (κ3) is 3.63. The number of piperazine rings is 1. The number of sulfonamides is 1. The van der Waals surface area contributed by atoms with Crippen LogP contribution in [-0.4, -0.2) is 51.0 Å². The first-order valence-electron chi connectivity index (χ1n) is 10.1. The van der Waals surface area contributed by atoms with Crippen LogP contribution in [0.3, 0.4) is 0 Å². The Morgan fingerprint density at radius 3 is 2.37 bits per heavy atom. The van der Waals surface area contributed by atoms with Crippen LogP contribution in [0.25, 0.3) is 10.9 Å². The number of methoxy groups -OCH3 is 1. The van der Waals surface area contributed by atoms with Gasteiger partial charge in [-0.05, 0) is 55.7 Å². The summed E-state index contributed by atoms with van der Waals surface area (Å²) in [7, 11) is -2.12. The highest BCUT2D eigenvalue weighted by Crippen LogP contribution is 2.30. The van der Waals surface area contributed by atoms with Gasteiger partial charge in [0.15, 0.2) is 0 Å². The third-order valence-electron chi connectivity index (χ3n) is 5.73. The smallest absolute Gasteiger partial charge is 0.246 e. The molecule has 0 spiro atoms. The van der Waals surface area contributed by atoms with E-state index in [2.05, 4.69) is 43.0 Å². The van der Waals surface area contributed by atoms with E-state index in [1.807, 2.05) is 13.0 Å². The predicted octanol–water partition coefficient (Wildman–Crippen LogP) is 3.68. The van der Waals surface area contributed by atoms with E-state index in [0.29, 0.717) is 31.9 Å². The molecule has 0 amide bonds. The summed E-state index contributed by atoms with van der Waals surface area (Å²) >= 11 is 0. The molecular formula is C23H27N3O3S. The standard InChI is InChI=1S/C23H27N3O3S/c1-16-8-9-20(29-4)21(14-16)30(27,28)26-12-10-25(11-13-26)22-15-18(3)19-7-5-6-17(2)23(19)24-22/h5-9,14-15H,10-13H2,1-4H3. The highest BCUT2D eigenvalue weighted by atomic mass is 32.2. The highest BCUT2D eigenvalue weighted by molar-refractivity contribution is 7.89. The minimum absolute atomic E-state index is 0.230. The van der Waals surface area contributed by atoms with Gasteiger partial charge in [0.2, 0.25) is 10.0 Å². The van der Waals surface area contributed by atoms with Gasteiger partial charge in [-0.3, -0.25) is 0 Å². The molecular weight excluding hydrogens is 398 g/mol. The number of rotatable bonds is 4. The molecule has 7 heteroatoms. The Labute approximate surface area is 178 Å². The topological polar surface area (TPSA) is 62.7 Å². The summed E-state index contributed by atoms with van der Waals surface area (Å²) in [4.78, 5) is 7.28. The molecule has 2 aromatic carbocycles. The second-order valence-electron chi connectivity index (χ2n) is 7.81. The molecule has 0 radical (unpaired) electrons. The average Bonchev–Trinajstić information content (AvgIpc) is 2.74. The Morgan fingerprint density at radius 1 is 0.933 bits per heavy atom. The fourth-order valence-electron chi connectivity index (χ4n) is 3.99.